The molecule has 0 unspecified atom stereocenters. The molecule has 2 heterocycles. The third-order valence-electron chi connectivity index (χ3n) is 4.83. The number of anilines is 1. The highest BCUT2D eigenvalue weighted by atomic mass is 32.2. The van der Waals surface area contributed by atoms with Crippen molar-refractivity contribution in [2.24, 2.45) is 5.92 Å². The van der Waals surface area contributed by atoms with Gasteiger partial charge in [-0.05, 0) is 37.7 Å². The number of nitrogens with zero attached hydrogens (tertiary/aromatic N) is 1. The lowest BCUT2D eigenvalue weighted by Crippen LogP contribution is -2.19. The van der Waals surface area contributed by atoms with Crippen LogP contribution in [0.25, 0.3) is 10.9 Å². The number of nitrogens with one attached hydrogen (secondary N) is 2. The monoisotopic (exact) mass is 381 g/mol. The first-order valence-corrected chi connectivity index (χ1v) is 10.0. The zero-order valence-electron chi connectivity index (χ0n) is 14.3. The van der Waals surface area contributed by atoms with E-state index in [1.807, 2.05) is 0 Å². The van der Waals surface area contributed by atoms with Gasteiger partial charge in [-0.3, -0.25) is 4.79 Å². The van der Waals surface area contributed by atoms with E-state index in [-0.39, 0.29) is 16.6 Å². The number of benzene rings is 1. The van der Waals surface area contributed by atoms with E-state index in [0.717, 1.165) is 38.9 Å². The number of hydrogen-bond acceptors (Lipinski definition) is 5. The summed E-state index contributed by atoms with van der Waals surface area (Å²) in [5.41, 5.74) is -0.376. The Morgan fingerprint density at radius 3 is 2.73 bits per heavy atom. The molecule has 1 aromatic heterocycles. The van der Waals surface area contributed by atoms with Crippen molar-refractivity contribution in [1.29, 1.82) is 0 Å². The van der Waals surface area contributed by atoms with Gasteiger partial charge in [0.2, 0.25) is 0 Å². The summed E-state index contributed by atoms with van der Waals surface area (Å²) >= 11 is 1.71. The van der Waals surface area contributed by atoms with Crippen LogP contribution in [0.5, 0.6) is 0 Å². The molecule has 8 heteroatoms. The van der Waals surface area contributed by atoms with Gasteiger partial charge in [-0.15, -0.1) is 0 Å². The Morgan fingerprint density at radius 2 is 2.00 bits per heavy atom. The molecule has 2 fully saturated rings. The van der Waals surface area contributed by atoms with Crippen molar-refractivity contribution in [2.45, 2.75) is 36.7 Å². The lowest BCUT2D eigenvalue weighted by atomic mass is 10.2. The Hall–Kier alpha value is -1.67. The molecule has 1 aliphatic carbocycles. The van der Waals surface area contributed by atoms with Crippen LogP contribution >= 0.6 is 11.8 Å². The number of fused-ring (bicyclic) bond motifs is 1. The summed E-state index contributed by atoms with van der Waals surface area (Å²) < 4.78 is 34.0. The summed E-state index contributed by atoms with van der Waals surface area (Å²) in [6, 6.07) is 1.44. The first-order chi connectivity index (χ1) is 12.6. The van der Waals surface area contributed by atoms with E-state index in [2.05, 4.69) is 15.3 Å². The van der Waals surface area contributed by atoms with E-state index >= 15 is 0 Å². The summed E-state index contributed by atoms with van der Waals surface area (Å²) in [6.07, 6.45) is 4.15. The van der Waals surface area contributed by atoms with Gasteiger partial charge >= 0.3 is 0 Å². The molecule has 2 N–H and O–H groups in total. The van der Waals surface area contributed by atoms with E-state index in [4.69, 9.17) is 4.74 Å². The normalized spacial score (nSPS) is 18.4. The number of hydrogen-bond donors (Lipinski definition) is 2. The molecule has 1 saturated carbocycles. The summed E-state index contributed by atoms with van der Waals surface area (Å²) in [6.45, 7) is 2.11. The lowest BCUT2D eigenvalue weighted by molar-refractivity contribution is 0.1000. The fourth-order valence-electron chi connectivity index (χ4n) is 3.10. The topological polar surface area (TPSA) is 67.0 Å². The zero-order chi connectivity index (χ0) is 18.1. The molecule has 140 valence electrons. The Labute approximate surface area is 153 Å². The van der Waals surface area contributed by atoms with Crippen LogP contribution in [0.3, 0.4) is 0 Å². The van der Waals surface area contributed by atoms with Crippen LogP contribution in [-0.2, 0) is 10.5 Å². The minimum atomic E-state index is -1.14. The largest absolute Gasteiger partial charge is 0.382 e. The molecule has 0 radical (unpaired) electrons. The first-order valence-electron chi connectivity index (χ1n) is 8.96. The number of H-pyrrole nitrogens is 1. The Kier molecular flexibility index (Phi) is 5.13. The van der Waals surface area contributed by atoms with E-state index in [1.165, 1.54) is 6.07 Å². The molecule has 5 nitrogen and oxygen atoms in total. The second-order valence-electron chi connectivity index (χ2n) is 6.91. The van der Waals surface area contributed by atoms with Crippen LogP contribution in [-0.4, -0.2) is 35.0 Å². The average Bonchev–Trinajstić information content (AvgIpc) is 3.47. The highest BCUT2D eigenvalue weighted by Gasteiger charge is 2.23. The highest BCUT2D eigenvalue weighted by molar-refractivity contribution is 7.99. The molecule has 1 aromatic carbocycles. The summed E-state index contributed by atoms with van der Waals surface area (Å²) in [5, 5.41) is 3.09. The molecule has 1 saturated heterocycles. The summed E-state index contributed by atoms with van der Waals surface area (Å²) in [4.78, 5) is 19.2. The predicted molar refractivity (Wildman–Crippen MR) is 98.6 cm³/mol. The minimum Gasteiger partial charge on any atom is -0.382 e. The zero-order valence-corrected chi connectivity index (χ0v) is 15.1. The number of aromatic amines is 1. The number of ether oxygens (including phenoxy) is 1. The SMILES string of the molecule is O=c1[nH]c(CSC2CCOCC2)nc2cc(NCC3CC3)c(F)c(F)c12. The molecule has 2 aromatic rings. The van der Waals surface area contributed by atoms with E-state index < -0.39 is 17.2 Å². The maximum absolute atomic E-state index is 14.4. The molecule has 4 rings (SSSR count). The quantitative estimate of drug-likeness (QED) is 0.802. The van der Waals surface area contributed by atoms with Gasteiger partial charge in [0, 0.05) is 25.0 Å². The van der Waals surface area contributed by atoms with Crippen molar-refractivity contribution in [2.75, 3.05) is 25.1 Å². The maximum atomic E-state index is 14.4. The molecule has 1 aliphatic heterocycles. The number of halogens is 2. The number of aromatic nitrogens is 2. The van der Waals surface area contributed by atoms with E-state index in [0.29, 0.717) is 29.3 Å². The molecule has 0 bridgehead atoms. The van der Waals surface area contributed by atoms with Gasteiger partial charge in [0.15, 0.2) is 11.6 Å². The lowest BCUT2D eigenvalue weighted by Gasteiger charge is -2.21. The van der Waals surface area contributed by atoms with Crippen LogP contribution in [0, 0.1) is 17.6 Å². The van der Waals surface area contributed by atoms with Crippen molar-refractivity contribution >= 4 is 28.4 Å². The van der Waals surface area contributed by atoms with Crippen LogP contribution in [0.4, 0.5) is 14.5 Å². The van der Waals surface area contributed by atoms with Gasteiger partial charge in [-0.1, -0.05) is 0 Å². The van der Waals surface area contributed by atoms with Gasteiger partial charge in [0.25, 0.3) is 5.56 Å². The first kappa shape index (κ1) is 17.7. The van der Waals surface area contributed by atoms with E-state index in [1.54, 1.807) is 11.8 Å². The van der Waals surface area contributed by atoms with Crippen molar-refractivity contribution in [3.8, 4) is 0 Å². The van der Waals surface area contributed by atoms with Gasteiger partial charge in [0.05, 0.1) is 17.0 Å². The maximum Gasteiger partial charge on any atom is 0.261 e. The molecule has 2 aliphatic rings. The fourth-order valence-corrected chi connectivity index (χ4v) is 4.15. The molecule has 0 atom stereocenters. The molecular weight excluding hydrogens is 360 g/mol. The molecule has 26 heavy (non-hydrogen) atoms. The summed E-state index contributed by atoms with van der Waals surface area (Å²) in [5.74, 6) is -0.627. The van der Waals surface area contributed by atoms with Crippen molar-refractivity contribution < 1.29 is 13.5 Å². The summed E-state index contributed by atoms with van der Waals surface area (Å²) in [7, 11) is 0. The second-order valence-corrected chi connectivity index (χ2v) is 8.19. The minimum absolute atomic E-state index is 0.0723. The highest BCUT2D eigenvalue weighted by Crippen LogP contribution is 2.31. The Balaban J connectivity index is 1.59. The molecule has 0 amide bonds. The van der Waals surface area contributed by atoms with Crippen molar-refractivity contribution in [3.63, 3.8) is 0 Å². The van der Waals surface area contributed by atoms with Crippen molar-refractivity contribution in [1.82, 2.24) is 9.97 Å². The van der Waals surface area contributed by atoms with Crippen LogP contribution in [0.2, 0.25) is 0 Å². The molecular formula is C18H21F2N3O2S. The van der Waals surface area contributed by atoms with Gasteiger partial charge < -0.3 is 15.0 Å². The van der Waals surface area contributed by atoms with Gasteiger partial charge in [-0.2, -0.15) is 11.8 Å². The Bertz CT molecular complexity index is 864. The standard InChI is InChI=1S/C18H21F2N3O2S/c19-16-13(21-8-10-1-2-10)7-12-15(17(16)20)18(24)23-14(22-12)9-26-11-3-5-25-6-4-11/h7,10-11,21H,1-6,8-9H2,(H,22,23,24). The number of rotatable bonds is 6. The third kappa shape index (κ3) is 3.86. The fraction of sp³-hybridized carbons (Fsp3) is 0.556. The second kappa shape index (κ2) is 7.52. The Morgan fingerprint density at radius 1 is 1.23 bits per heavy atom. The predicted octanol–water partition coefficient (Wildman–Crippen LogP) is 3.44. The molecule has 0 spiro atoms. The third-order valence-corrected chi connectivity index (χ3v) is 6.21. The van der Waals surface area contributed by atoms with Crippen molar-refractivity contribution in [3.05, 3.63) is 33.9 Å². The smallest absolute Gasteiger partial charge is 0.261 e. The van der Waals surface area contributed by atoms with Crippen LogP contribution in [0.1, 0.15) is 31.5 Å². The van der Waals surface area contributed by atoms with Crippen LogP contribution in [0.15, 0.2) is 10.9 Å². The van der Waals surface area contributed by atoms with Gasteiger partial charge in [-0.25, -0.2) is 13.8 Å². The van der Waals surface area contributed by atoms with E-state index in [9.17, 15) is 13.6 Å². The van der Waals surface area contributed by atoms with Gasteiger partial charge in [0.1, 0.15) is 11.2 Å². The van der Waals surface area contributed by atoms with Crippen LogP contribution < -0.4 is 10.9 Å². The number of thioether (sulfide) groups is 1. The average molecular weight is 381 g/mol.